The molecule has 0 saturated carbocycles. The number of benzene rings is 3. The molecule has 1 aromatic heterocycles. The number of nitriles is 1. The van der Waals surface area contributed by atoms with E-state index in [1.807, 2.05) is 31.2 Å². The van der Waals surface area contributed by atoms with Crippen LogP contribution in [0.2, 0.25) is 0 Å². The summed E-state index contributed by atoms with van der Waals surface area (Å²) >= 11 is 0. The first kappa shape index (κ1) is 24.0. The quantitative estimate of drug-likeness (QED) is 0.392. The zero-order valence-electron chi connectivity index (χ0n) is 18.1. The van der Waals surface area contributed by atoms with Crippen molar-refractivity contribution >= 4 is 32.5 Å². The number of alkyl halides is 3. The maximum absolute atomic E-state index is 13.1. The Balaban J connectivity index is 1.68. The van der Waals surface area contributed by atoms with Crippen LogP contribution in [0.4, 0.5) is 18.9 Å². The van der Waals surface area contributed by atoms with Gasteiger partial charge in [-0.05, 0) is 48.4 Å². The third-order valence-electron chi connectivity index (χ3n) is 5.32. The Bertz CT molecular complexity index is 1590. The lowest BCUT2D eigenvalue weighted by molar-refractivity contribution is -0.0436. The lowest BCUT2D eigenvalue weighted by atomic mass is 10.1. The Kier molecular flexibility index (Phi) is 6.08. The number of aryl methyl sites for hydroxylation is 1. The molecule has 4 rings (SSSR count). The van der Waals surface area contributed by atoms with Gasteiger partial charge < -0.3 is 10.3 Å². The minimum Gasteiger partial charge on any atom is -0.338 e. The summed E-state index contributed by atoms with van der Waals surface area (Å²) in [4.78, 5) is 19.2. The molecule has 2 N–H and O–H groups in total. The Hall–Kier alpha value is -4.17. The number of carbonyl (C=O) groups is 1. The van der Waals surface area contributed by atoms with Gasteiger partial charge in [0.2, 0.25) is 0 Å². The second kappa shape index (κ2) is 8.88. The molecule has 0 spiro atoms. The SMILES string of the molecule is CCc1ccc(-c2nc3ccc(NC(=O)c4cc(C#N)ccc4S(=O)(=O)C(F)(F)F)cc3[nH]2)cc1. The van der Waals surface area contributed by atoms with Gasteiger partial charge >= 0.3 is 5.51 Å². The maximum Gasteiger partial charge on any atom is 0.501 e. The highest BCUT2D eigenvalue weighted by Gasteiger charge is 2.48. The Morgan fingerprint density at radius 3 is 2.43 bits per heavy atom. The summed E-state index contributed by atoms with van der Waals surface area (Å²) in [6.45, 7) is 2.05. The summed E-state index contributed by atoms with van der Waals surface area (Å²) in [5, 5.41) is 11.5. The number of nitrogens with one attached hydrogen (secondary N) is 2. The zero-order chi connectivity index (χ0) is 25.4. The van der Waals surface area contributed by atoms with Crippen molar-refractivity contribution < 1.29 is 26.4 Å². The third kappa shape index (κ3) is 4.61. The normalized spacial score (nSPS) is 11.9. The van der Waals surface area contributed by atoms with Gasteiger partial charge in [0.25, 0.3) is 15.7 Å². The topological polar surface area (TPSA) is 116 Å². The number of amides is 1. The first-order valence-corrected chi connectivity index (χ1v) is 11.8. The van der Waals surface area contributed by atoms with E-state index in [0.29, 0.717) is 22.9 Å². The molecule has 4 aromatic rings. The van der Waals surface area contributed by atoms with Crippen molar-refractivity contribution in [2.24, 2.45) is 0 Å². The summed E-state index contributed by atoms with van der Waals surface area (Å²) in [6.07, 6.45) is 0.896. The van der Waals surface area contributed by atoms with Crippen LogP contribution < -0.4 is 5.32 Å². The number of aromatic amines is 1. The smallest absolute Gasteiger partial charge is 0.338 e. The summed E-state index contributed by atoms with van der Waals surface area (Å²) < 4.78 is 63.4. The number of hydrogen-bond acceptors (Lipinski definition) is 5. The largest absolute Gasteiger partial charge is 0.501 e. The van der Waals surface area contributed by atoms with E-state index >= 15 is 0 Å². The molecule has 0 bridgehead atoms. The third-order valence-corrected chi connectivity index (χ3v) is 6.87. The van der Waals surface area contributed by atoms with Gasteiger partial charge in [0, 0.05) is 11.3 Å². The highest BCUT2D eigenvalue weighted by atomic mass is 32.2. The fourth-order valence-electron chi connectivity index (χ4n) is 3.46. The molecule has 1 heterocycles. The zero-order valence-corrected chi connectivity index (χ0v) is 19.0. The van der Waals surface area contributed by atoms with Crippen molar-refractivity contribution in [2.45, 2.75) is 23.7 Å². The van der Waals surface area contributed by atoms with Crippen LogP contribution >= 0.6 is 0 Å². The van der Waals surface area contributed by atoms with E-state index in [1.54, 1.807) is 12.1 Å². The van der Waals surface area contributed by atoms with Gasteiger partial charge in [-0.25, -0.2) is 13.4 Å². The maximum atomic E-state index is 13.1. The second-order valence-electron chi connectivity index (χ2n) is 7.59. The molecule has 0 saturated heterocycles. The highest BCUT2D eigenvalue weighted by Crippen LogP contribution is 2.33. The Morgan fingerprint density at radius 2 is 1.80 bits per heavy atom. The fourth-order valence-corrected chi connectivity index (χ4v) is 4.39. The number of sulfone groups is 1. The predicted molar refractivity (Wildman–Crippen MR) is 123 cm³/mol. The number of rotatable bonds is 5. The molecule has 0 fully saturated rings. The van der Waals surface area contributed by atoms with E-state index in [1.165, 1.54) is 17.7 Å². The molecule has 0 atom stereocenters. The van der Waals surface area contributed by atoms with Crippen LogP contribution in [-0.4, -0.2) is 29.8 Å². The minimum absolute atomic E-state index is 0.168. The first-order chi connectivity index (χ1) is 16.5. The van der Waals surface area contributed by atoms with E-state index < -0.39 is 31.7 Å². The number of fused-ring (bicyclic) bond motifs is 1. The van der Waals surface area contributed by atoms with Crippen LogP contribution in [-0.2, 0) is 16.3 Å². The van der Waals surface area contributed by atoms with Gasteiger partial charge in [0.1, 0.15) is 5.82 Å². The fraction of sp³-hybridized carbons (Fsp3) is 0.125. The lowest BCUT2D eigenvalue weighted by Crippen LogP contribution is -2.26. The van der Waals surface area contributed by atoms with Crippen molar-refractivity contribution in [3.8, 4) is 17.5 Å². The van der Waals surface area contributed by atoms with Gasteiger partial charge in [0.15, 0.2) is 0 Å². The predicted octanol–water partition coefficient (Wildman–Crippen LogP) is 5.21. The summed E-state index contributed by atoms with van der Waals surface area (Å²) in [5.74, 6) is -0.523. The molecule has 0 aliphatic rings. The van der Waals surface area contributed by atoms with Crippen molar-refractivity contribution in [3.05, 3.63) is 77.4 Å². The standard InChI is InChI=1S/C24H17F3N4O3S/c1-2-14-3-6-16(7-4-14)22-30-19-9-8-17(12-20(19)31-22)29-23(32)18-11-15(13-28)5-10-21(18)35(33,34)24(25,26)27/h3-12H,2H2,1H3,(H,29,32)(H,30,31). The highest BCUT2D eigenvalue weighted by molar-refractivity contribution is 7.92. The molecule has 178 valence electrons. The first-order valence-electron chi connectivity index (χ1n) is 10.3. The van der Waals surface area contributed by atoms with Crippen molar-refractivity contribution in [1.29, 1.82) is 5.26 Å². The number of aromatic nitrogens is 2. The van der Waals surface area contributed by atoms with Gasteiger partial charge in [-0.3, -0.25) is 4.79 Å². The molecule has 3 aromatic carbocycles. The summed E-state index contributed by atoms with van der Waals surface area (Å²) in [6, 6.07) is 16.4. The molecular formula is C24H17F3N4O3S. The number of anilines is 1. The number of carbonyl (C=O) groups excluding carboxylic acids is 1. The molecule has 7 nitrogen and oxygen atoms in total. The molecule has 0 aliphatic carbocycles. The van der Waals surface area contributed by atoms with Crippen LogP contribution in [0, 0.1) is 11.3 Å². The number of imidazole rings is 1. The lowest BCUT2D eigenvalue weighted by Gasteiger charge is -2.13. The van der Waals surface area contributed by atoms with E-state index in [9.17, 15) is 26.4 Å². The molecule has 0 radical (unpaired) electrons. The van der Waals surface area contributed by atoms with Gasteiger partial charge in [-0.2, -0.15) is 18.4 Å². The molecule has 1 amide bonds. The second-order valence-corrected chi connectivity index (χ2v) is 9.50. The number of H-pyrrole nitrogens is 1. The summed E-state index contributed by atoms with van der Waals surface area (Å²) in [5.41, 5.74) is -3.23. The summed E-state index contributed by atoms with van der Waals surface area (Å²) in [7, 11) is -5.82. The van der Waals surface area contributed by atoms with E-state index in [4.69, 9.17) is 5.26 Å². The van der Waals surface area contributed by atoms with Gasteiger partial charge in [-0.1, -0.05) is 31.2 Å². The average molecular weight is 498 g/mol. The van der Waals surface area contributed by atoms with Crippen LogP contribution in [0.25, 0.3) is 22.4 Å². The minimum atomic E-state index is -5.82. The molecule has 11 heteroatoms. The van der Waals surface area contributed by atoms with Crippen LogP contribution in [0.15, 0.2) is 65.6 Å². The number of halogens is 3. The van der Waals surface area contributed by atoms with Crippen molar-refractivity contribution in [1.82, 2.24) is 9.97 Å². The average Bonchev–Trinajstić information content (AvgIpc) is 3.26. The van der Waals surface area contributed by atoms with E-state index in [-0.39, 0.29) is 11.3 Å². The monoisotopic (exact) mass is 498 g/mol. The van der Waals surface area contributed by atoms with Crippen molar-refractivity contribution in [3.63, 3.8) is 0 Å². The molecule has 0 unspecified atom stereocenters. The van der Waals surface area contributed by atoms with Crippen LogP contribution in [0.5, 0.6) is 0 Å². The van der Waals surface area contributed by atoms with Crippen molar-refractivity contribution in [2.75, 3.05) is 5.32 Å². The van der Waals surface area contributed by atoms with E-state index in [2.05, 4.69) is 15.3 Å². The van der Waals surface area contributed by atoms with Gasteiger partial charge in [0.05, 0.1) is 33.1 Å². The number of hydrogen-bond donors (Lipinski definition) is 2. The van der Waals surface area contributed by atoms with Gasteiger partial charge in [-0.15, -0.1) is 0 Å². The molecule has 0 aliphatic heterocycles. The Morgan fingerprint density at radius 1 is 1.09 bits per heavy atom. The number of nitrogens with zero attached hydrogens (tertiary/aromatic N) is 2. The van der Waals surface area contributed by atoms with Crippen LogP contribution in [0.3, 0.4) is 0 Å². The van der Waals surface area contributed by atoms with Crippen LogP contribution in [0.1, 0.15) is 28.4 Å². The molecular weight excluding hydrogens is 481 g/mol. The van der Waals surface area contributed by atoms with E-state index in [0.717, 1.165) is 24.1 Å². The molecule has 35 heavy (non-hydrogen) atoms. The Labute approximate surface area is 198 Å².